The Kier molecular flexibility index (Phi) is 5.99. The summed E-state index contributed by atoms with van der Waals surface area (Å²) in [6.45, 7) is 11.8. The molecular weight excluding hydrogens is 496 g/mol. The molecule has 2 aliphatic rings. The lowest BCUT2D eigenvalue weighted by molar-refractivity contribution is 0.109. The second kappa shape index (κ2) is 9.24. The van der Waals surface area contributed by atoms with Gasteiger partial charge in [-0.2, -0.15) is 0 Å². The molecule has 1 spiro atoms. The third-order valence-corrected chi connectivity index (χ3v) is 9.14. The summed E-state index contributed by atoms with van der Waals surface area (Å²) in [5.41, 5.74) is 4.56. The summed E-state index contributed by atoms with van der Waals surface area (Å²) in [4.78, 5) is 31.7. The first-order valence-electron chi connectivity index (χ1n) is 13.2. The van der Waals surface area contributed by atoms with Gasteiger partial charge < -0.3 is 19.0 Å². The molecule has 0 radical (unpaired) electrons. The average Bonchev–Trinajstić information content (AvgIpc) is 3.22. The summed E-state index contributed by atoms with van der Waals surface area (Å²) >= 11 is 1.17. The molecule has 0 N–H and O–H groups in total. The van der Waals surface area contributed by atoms with Crippen molar-refractivity contribution in [2.24, 2.45) is 0 Å². The summed E-state index contributed by atoms with van der Waals surface area (Å²) < 4.78 is 11.6. The number of hydrogen-bond donors (Lipinski definition) is 0. The van der Waals surface area contributed by atoms with Crippen LogP contribution in [0.25, 0.3) is 11.0 Å². The molecule has 3 heterocycles. The van der Waals surface area contributed by atoms with Crippen molar-refractivity contribution in [3.05, 3.63) is 93.3 Å². The van der Waals surface area contributed by atoms with Crippen LogP contribution in [0.5, 0.6) is 11.5 Å². The summed E-state index contributed by atoms with van der Waals surface area (Å²) in [5.74, 6) is 1.11. The molecule has 1 atom stereocenters. The van der Waals surface area contributed by atoms with Gasteiger partial charge in [0.1, 0.15) is 21.6 Å². The minimum absolute atomic E-state index is 0.0661. The van der Waals surface area contributed by atoms with Crippen LogP contribution in [0.2, 0.25) is 0 Å². The quantitative estimate of drug-likeness (QED) is 0.257. The van der Waals surface area contributed by atoms with E-state index in [9.17, 15) is 9.59 Å². The van der Waals surface area contributed by atoms with Crippen LogP contribution in [0.3, 0.4) is 0 Å². The zero-order chi connectivity index (χ0) is 26.6. The molecule has 2 aliphatic heterocycles. The Bertz CT molecular complexity index is 1640. The minimum atomic E-state index is -1.05. The molecule has 0 saturated heterocycles. The molecule has 6 nitrogen and oxygen atoms in total. The topological polar surface area (TPSA) is 63.0 Å². The molecule has 0 fully saturated rings. The van der Waals surface area contributed by atoms with Crippen molar-refractivity contribution >= 4 is 39.2 Å². The molecule has 194 valence electrons. The van der Waals surface area contributed by atoms with Crippen molar-refractivity contribution in [3.63, 3.8) is 0 Å². The number of rotatable bonds is 6. The fourth-order valence-corrected chi connectivity index (χ4v) is 7.29. The maximum atomic E-state index is 13.9. The molecule has 1 aromatic heterocycles. The van der Waals surface area contributed by atoms with Crippen molar-refractivity contribution < 1.29 is 13.9 Å². The number of nitrogens with zero attached hydrogens (tertiary/aromatic N) is 2. The second-order valence-corrected chi connectivity index (χ2v) is 10.7. The van der Waals surface area contributed by atoms with Gasteiger partial charge in [-0.25, -0.2) is 4.79 Å². The van der Waals surface area contributed by atoms with Gasteiger partial charge in [0.05, 0.1) is 5.39 Å². The molecule has 0 aliphatic carbocycles. The van der Waals surface area contributed by atoms with Crippen molar-refractivity contribution in [3.8, 4) is 11.5 Å². The first-order chi connectivity index (χ1) is 18.5. The van der Waals surface area contributed by atoms with Gasteiger partial charge in [0, 0.05) is 60.8 Å². The van der Waals surface area contributed by atoms with Crippen LogP contribution in [0, 0.1) is 0 Å². The van der Waals surface area contributed by atoms with Crippen LogP contribution in [0.4, 0.5) is 11.4 Å². The van der Waals surface area contributed by atoms with E-state index in [4.69, 9.17) is 9.15 Å². The monoisotopic (exact) mass is 526 g/mol. The Balaban J connectivity index is 1.67. The molecule has 0 amide bonds. The predicted molar refractivity (Wildman–Crippen MR) is 154 cm³/mol. The molecule has 7 heteroatoms. The van der Waals surface area contributed by atoms with Crippen molar-refractivity contribution in [1.82, 2.24) is 0 Å². The van der Waals surface area contributed by atoms with E-state index in [1.165, 1.54) is 11.8 Å². The van der Waals surface area contributed by atoms with E-state index in [1.54, 1.807) is 0 Å². The van der Waals surface area contributed by atoms with Crippen LogP contribution in [-0.2, 0) is 4.75 Å². The fraction of sp³-hybridized carbons (Fsp3) is 0.290. The number of thioether (sulfide) groups is 1. The van der Waals surface area contributed by atoms with Gasteiger partial charge in [-0.1, -0.05) is 42.1 Å². The van der Waals surface area contributed by atoms with Crippen LogP contribution < -0.4 is 20.2 Å². The number of benzene rings is 3. The number of anilines is 2. The van der Waals surface area contributed by atoms with Gasteiger partial charge in [-0.3, -0.25) is 4.79 Å². The molecule has 6 rings (SSSR count). The van der Waals surface area contributed by atoms with E-state index in [2.05, 4.69) is 37.5 Å². The largest absolute Gasteiger partial charge is 0.455 e. The van der Waals surface area contributed by atoms with Crippen LogP contribution in [0.1, 0.15) is 54.7 Å². The molecule has 38 heavy (non-hydrogen) atoms. The first kappa shape index (κ1) is 24.6. The van der Waals surface area contributed by atoms with E-state index in [-0.39, 0.29) is 5.12 Å². The maximum absolute atomic E-state index is 13.9. The first-order valence-corrected chi connectivity index (χ1v) is 14.0. The third kappa shape index (κ3) is 3.41. The molecule has 0 bridgehead atoms. The fourth-order valence-electron chi connectivity index (χ4n) is 5.88. The number of fused-ring (bicyclic) bond motifs is 8. The molecule has 0 unspecified atom stereocenters. The number of carbonyl (C=O) groups excluding carboxylic acids is 1. The lowest BCUT2D eigenvalue weighted by Crippen LogP contribution is -2.34. The third-order valence-electron chi connectivity index (χ3n) is 7.78. The summed E-state index contributed by atoms with van der Waals surface area (Å²) in [7, 11) is 0. The Hall–Kier alpha value is -3.71. The second-order valence-electron chi connectivity index (χ2n) is 9.52. The number of ether oxygens (including phenoxy) is 1. The molecule has 4 aromatic rings. The lowest BCUT2D eigenvalue weighted by Gasteiger charge is -2.36. The van der Waals surface area contributed by atoms with Crippen molar-refractivity contribution in [2.45, 2.75) is 32.4 Å². The molecular formula is C31H30N2O4S. The van der Waals surface area contributed by atoms with E-state index in [1.807, 2.05) is 60.7 Å². The predicted octanol–water partition coefficient (Wildman–Crippen LogP) is 6.77. The van der Waals surface area contributed by atoms with Crippen LogP contribution in [-0.4, -0.2) is 31.3 Å². The Morgan fingerprint density at radius 3 is 2.16 bits per heavy atom. The highest BCUT2D eigenvalue weighted by molar-refractivity contribution is 8.15. The number of hydrogen-bond acceptors (Lipinski definition) is 7. The Morgan fingerprint density at radius 1 is 0.789 bits per heavy atom. The highest BCUT2D eigenvalue weighted by Gasteiger charge is 2.54. The number of carbonyl (C=O) groups is 1. The Morgan fingerprint density at radius 2 is 1.45 bits per heavy atom. The van der Waals surface area contributed by atoms with Gasteiger partial charge in [-0.15, -0.1) is 0 Å². The van der Waals surface area contributed by atoms with E-state index < -0.39 is 10.4 Å². The highest BCUT2D eigenvalue weighted by atomic mass is 32.2. The summed E-state index contributed by atoms with van der Waals surface area (Å²) in [6.07, 6.45) is 0. The summed E-state index contributed by atoms with van der Waals surface area (Å²) in [6, 6.07) is 19.5. The standard InChI is InChI=1S/C31H30N2O4S/c1-5-32(6-2)19-13-15-22-25(17-19)37-29(34)27-28(22)36-26-18-20(33(7-3)8-4)14-16-24(26)31(27)23-12-10-9-11-21(23)30(35)38-31/h9-18H,5-8H2,1-4H3/t31-/m1/s1. The van der Waals surface area contributed by atoms with Gasteiger partial charge in [-0.05, 0) is 51.5 Å². The van der Waals surface area contributed by atoms with E-state index in [0.29, 0.717) is 33.6 Å². The smallest absolute Gasteiger partial charge is 0.345 e. The Labute approximate surface area is 226 Å². The van der Waals surface area contributed by atoms with Crippen molar-refractivity contribution in [2.75, 3.05) is 36.0 Å². The normalized spacial score (nSPS) is 17.2. The zero-order valence-corrected chi connectivity index (χ0v) is 22.9. The minimum Gasteiger partial charge on any atom is -0.455 e. The van der Waals surface area contributed by atoms with Gasteiger partial charge >= 0.3 is 5.63 Å². The molecule has 0 saturated carbocycles. The lowest BCUT2D eigenvalue weighted by atomic mass is 9.80. The SMILES string of the molecule is CCN(CC)c1ccc2c(c1)Oc1c(c(=O)oc3cc(N(CC)CC)ccc13)[C@]21SC(=O)c2ccccc21. The average molecular weight is 527 g/mol. The van der Waals surface area contributed by atoms with Crippen LogP contribution >= 0.6 is 11.8 Å². The maximum Gasteiger partial charge on any atom is 0.345 e. The van der Waals surface area contributed by atoms with Crippen LogP contribution in [0.15, 0.2) is 69.9 Å². The molecule has 3 aromatic carbocycles. The highest BCUT2D eigenvalue weighted by Crippen LogP contribution is 2.62. The summed E-state index contributed by atoms with van der Waals surface area (Å²) in [5, 5.41) is 0.648. The van der Waals surface area contributed by atoms with E-state index >= 15 is 0 Å². The van der Waals surface area contributed by atoms with Gasteiger partial charge in [0.15, 0.2) is 5.75 Å². The van der Waals surface area contributed by atoms with Gasteiger partial charge in [0.25, 0.3) is 0 Å². The van der Waals surface area contributed by atoms with Gasteiger partial charge in [0.2, 0.25) is 5.12 Å². The zero-order valence-electron chi connectivity index (χ0n) is 22.0. The van der Waals surface area contributed by atoms with Crippen molar-refractivity contribution in [1.29, 1.82) is 0 Å². The van der Waals surface area contributed by atoms with E-state index in [0.717, 1.165) is 48.7 Å².